The largest absolute Gasteiger partial charge is 0.478 e. The van der Waals surface area contributed by atoms with E-state index in [0.717, 1.165) is 11.6 Å². The third kappa shape index (κ3) is 3.54. The molecule has 2 aromatic carbocycles. The molecule has 1 heterocycles. The maximum absolute atomic E-state index is 12.4. The van der Waals surface area contributed by atoms with E-state index < -0.39 is 5.97 Å². The van der Waals surface area contributed by atoms with E-state index in [4.69, 9.17) is 5.11 Å². The number of benzene rings is 2. The second-order valence-electron chi connectivity index (χ2n) is 5.73. The summed E-state index contributed by atoms with van der Waals surface area (Å²) in [7, 11) is 0. The van der Waals surface area contributed by atoms with Gasteiger partial charge in [0.05, 0.1) is 0 Å². The van der Waals surface area contributed by atoms with Gasteiger partial charge in [0.15, 0.2) is 0 Å². The van der Waals surface area contributed by atoms with Crippen molar-refractivity contribution in [2.75, 3.05) is 11.9 Å². The minimum Gasteiger partial charge on any atom is -0.478 e. The summed E-state index contributed by atoms with van der Waals surface area (Å²) in [6, 6.07) is 13.8. The van der Waals surface area contributed by atoms with Crippen LogP contribution in [0.1, 0.15) is 21.5 Å². The van der Waals surface area contributed by atoms with Crippen LogP contribution in [-0.2, 0) is 9.59 Å². The van der Waals surface area contributed by atoms with Crippen molar-refractivity contribution in [3.05, 3.63) is 77.9 Å². The molecule has 0 saturated carbocycles. The van der Waals surface area contributed by atoms with E-state index in [-0.39, 0.29) is 18.4 Å². The third-order valence-corrected chi connectivity index (χ3v) is 3.95. The first kappa shape index (κ1) is 17.2. The predicted molar refractivity (Wildman–Crippen MR) is 98.3 cm³/mol. The van der Waals surface area contributed by atoms with Crippen molar-refractivity contribution in [1.82, 2.24) is 4.90 Å². The van der Waals surface area contributed by atoms with Crippen LogP contribution in [0, 0.1) is 0 Å². The Morgan fingerprint density at radius 1 is 1.08 bits per heavy atom. The van der Waals surface area contributed by atoms with Gasteiger partial charge in [-0.15, -0.1) is 0 Å². The van der Waals surface area contributed by atoms with Gasteiger partial charge in [0.25, 0.3) is 5.91 Å². The average Bonchev–Trinajstić information content (AvgIpc) is 2.86. The molecule has 2 N–H and O–H groups in total. The Kier molecular flexibility index (Phi) is 4.66. The van der Waals surface area contributed by atoms with Gasteiger partial charge >= 0.3 is 5.97 Å². The summed E-state index contributed by atoms with van der Waals surface area (Å²) in [6.07, 6.45) is 2.49. The molecule has 0 bridgehead atoms. The number of nitrogens with zero attached hydrogens (tertiary/aromatic N) is 1. The maximum Gasteiger partial charge on any atom is 0.328 e. The molecule has 6 heteroatoms. The molecule has 3 rings (SSSR count). The standard InChI is InChI=1S/C20H16N2O4/c1-13-16-4-2-3-5-17(16)20(26)22(13)12-18(23)21-15-9-6-14(7-10-15)8-11-19(24)25/h2-11H,1,12H2,(H,21,23)(H,24,25)/b11-8+. The molecule has 6 nitrogen and oxygen atoms in total. The highest BCUT2D eigenvalue weighted by Gasteiger charge is 2.31. The van der Waals surface area contributed by atoms with Crippen molar-refractivity contribution in [2.45, 2.75) is 0 Å². The second-order valence-corrected chi connectivity index (χ2v) is 5.73. The van der Waals surface area contributed by atoms with E-state index in [1.54, 1.807) is 42.5 Å². The molecule has 0 atom stereocenters. The summed E-state index contributed by atoms with van der Waals surface area (Å²) in [5.41, 5.74) is 3.04. The second kappa shape index (κ2) is 7.06. The molecule has 1 aliphatic rings. The Bertz CT molecular complexity index is 894. The molecule has 130 valence electrons. The first-order valence-corrected chi connectivity index (χ1v) is 7.87. The number of aliphatic carboxylic acids is 1. The Balaban J connectivity index is 1.64. The Hall–Kier alpha value is -3.67. The molecule has 0 fully saturated rings. The van der Waals surface area contributed by atoms with Crippen molar-refractivity contribution < 1.29 is 19.5 Å². The SMILES string of the molecule is C=C1c2ccccc2C(=O)N1CC(=O)Nc1ccc(/C=C/C(=O)O)cc1. The fourth-order valence-corrected chi connectivity index (χ4v) is 2.69. The fourth-order valence-electron chi connectivity index (χ4n) is 2.69. The zero-order valence-corrected chi connectivity index (χ0v) is 13.8. The highest BCUT2D eigenvalue weighted by Crippen LogP contribution is 2.30. The molecule has 0 aliphatic carbocycles. The lowest BCUT2D eigenvalue weighted by molar-refractivity contribution is -0.131. The Morgan fingerprint density at radius 3 is 2.35 bits per heavy atom. The zero-order chi connectivity index (χ0) is 18.7. The molecule has 2 amide bonds. The molecular formula is C20H16N2O4. The number of carbonyl (C=O) groups excluding carboxylic acids is 2. The van der Waals surface area contributed by atoms with E-state index >= 15 is 0 Å². The van der Waals surface area contributed by atoms with Gasteiger partial charge in [0, 0.05) is 28.6 Å². The summed E-state index contributed by atoms with van der Waals surface area (Å²) in [5, 5.41) is 11.3. The first-order valence-electron chi connectivity index (χ1n) is 7.87. The fraction of sp³-hybridized carbons (Fsp3) is 0.0500. The van der Waals surface area contributed by atoms with Crippen LogP contribution in [0.4, 0.5) is 5.69 Å². The number of anilines is 1. The Labute approximate surface area is 150 Å². The number of hydrogen-bond acceptors (Lipinski definition) is 3. The van der Waals surface area contributed by atoms with Crippen LogP contribution in [-0.4, -0.2) is 34.3 Å². The minimum absolute atomic E-state index is 0.132. The van der Waals surface area contributed by atoms with Crippen LogP contribution in [0.15, 0.2) is 61.2 Å². The number of carbonyl (C=O) groups is 3. The van der Waals surface area contributed by atoms with Gasteiger partial charge in [-0.05, 0) is 29.8 Å². The molecular weight excluding hydrogens is 332 g/mol. The van der Waals surface area contributed by atoms with Crippen LogP contribution in [0.2, 0.25) is 0 Å². The topological polar surface area (TPSA) is 86.7 Å². The summed E-state index contributed by atoms with van der Waals surface area (Å²) >= 11 is 0. The lowest BCUT2D eigenvalue weighted by Gasteiger charge is -2.17. The van der Waals surface area contributed by atoms with Gasteiger partial charge in [0.2, 0.25) is 5.91 Å². The number of rotatable bonds is 5. The van der Waals surface area contributed by atoms with Crippen molar-refractivity contribution >= 4 is 35.2 Å². The van der Waals surface area contributed by atoms with Gasteiger partial charge in [-0.1, -0.05) is 36.9 Å². The van der Waals surface area contributed by atoms with Gasteiger partial charge < -0.3 is 10.4 Å². The number of fused-ring (bicyclic) bond motifs is 1. The van der Waals surface area contributed by atoms with E-state index in [0.29, 0.717) is 22.5 Å². The first-order chi connectivity index (χ1) is 12.5. The van der Waals surface area contributed by atoms with Crippen molar-refractivity contribution in [1.29, 1.82) is 0 Å². The average molecular weight is 348 g/mol. The molecule has 0 unspecified atom stereocenters. The molecule has 0 spiro atoms. The summed E-state index contributed by atoms with van der Waals surface area (Å²) in [5.74, 6) is -1.62. The normalized spacial score (nSPS) is 13.2. The number of hydrogen-bond donors (Lipinski definition) is 2. The van der Waals surface area contributed by atoms with Gasteiger partial charge in [-0.25, -0.2) is 4.79 Å². The lowest BCUT2D eigenvalue weighted by Crippen LogP contribution is -2.32. The molecule has 2 aromatic rings. The van der Waals surface area contributed by atoms with Crippen LogP contribution >= 0.6 is 0 Å². The van der Waals surface area contributed by atoms with Crippen molar-refractivity contribution in [3.8, 4) is 0 Å². The quantitative estimate of drug-likeness (QED) is 0.814. The Morgan fingerprint density at radius 2 is 1.73 bits per heavy atom. The molecule has 26 heavy (non-hydrogen) atoms. The van der Waals surface area contributed by atoms with E-state index in [2.05, 4.69) is 11.9 Å². The molecule has 1 aliphatic heterocycles. The third-order valence-electron chi connectivity index (χ3n) is 3.95. The van der Waals surface area contributed by atoms with Crippen LogP contribution in [0.3, 0.4) is 0 Å². The highest BCUT2D eigenvalue weighted by atomic mass is 16.4. The summed E-state index contributed by atoms with van der Waals surface area (Å²) in [6.45, 7) is 3.77. The van der Waals surface area contributed by atoms with Crippen LogP contribution < -0.4 is 5.32 Å². The minimum atomic E-state index is -1.03. The summed E-state index contributed by atoms with van der Waals surface area (Å²) in [4.78, 5) is 36.5. The maximum atomic E-state index is 12.4. The number of carboxylic acids is 1. The molecule has 0 saturated heterocycles. The van der Waals surface area contributed by atoms with Crippen molar-refractivity contribution in [2.24, 2.45) is 0 Å². The van der Waals surface area contributed by atoms with Gasteiger partial charge in [-0.3, -0.25) is 14.5 Å². The summed E-state index contributed by atoms with van der Waals surface area (Å²) < 4.78 is 0. The number of carboxylic acid groups (broad SMARTS) is 1. The monoisotopic (exact) mass is 348 g/mol. The van der Waals surface area contributed by atoms with Gasteiger partial charge in [0.1, 0.15) is 6.54 Å². The van der Waals surface area contributed by atoms with E-state index in [9.17, 15) is 14.4 Å². The zero-order valence-electron chi connectivity index (χ0n) is 13.8. The highest BCUT2D eigenvalue weighted by molar-refractivity contribution is 6.11. The number of nitrogens with one attached hydrogen (secondary N) is 1. The van der Waals surface area contributed by atoms with E-state index in [1.165, 1.54) is 11.0 Å². The van der Waals surface area contributed by atoms with Crippen LogP contribution in [0.25, 0.3) is 11.8 Å². The molecule has 0 radical (unpaired) electrons. The van der Waals surface area contributed by atoms with Gasteiger partial charge in [-0.2, -0.15) is 0 Å². The number of amides is 2. The lowest BCUT2D eigenvalue weighted by atomic mass is 10.1. The smallest absolute Gasteiger partial charge is 0.328 e. The van der Waals surface area contributed by atoms with E-state index in [1.807, 2.05) is 6.07 Å². The predicted octanol–water partition coefficient (Wildman–Crippen LogP) is 2.85. The molecule has 0 aromatic heterocycles. The van der Waals surface area contributed by atoms with Crippen LogP contribution in [0.5, 0.6) is 0 Å². The van der Waals surface area contributed by atoms with Crippen molar-refractivity contribution in [3.63, 3.8) is 0 Å².